The summed E-state index contributed by atoms with van der Waals surface area (Å²) in [7, 11) is 0. The third kappa shape index (κ3) is 6.32. The van der Waals surface area contributed by atoms with Crippen LogP contribution in [0.1, 0.15) is 37.3 Å². The number of unbranched alkanes of at least 4 members (excludes halogenated alkanes) is 1. The zero-order valence-corrected chi connectivity index (χ0v) is 15.1. The molecule has 0 spiro atoms. The van der Waals surface area contributed by atoms with Gasteiger partial charge in [-0.2, -0.15) is 0 Å². The number of benzene rings is 2. The van der Waals surface area contributed by atoms with Gasteiger partial charge in [-0.3, -0.25) is 4.79 Å². The van der Waals surface area contributed by atoms with Crippen molar-refractivity contribution in [1.82, 2.24) is 10.6 Å². The summed E-state index contributed by atoms with van der Waals surface area (Å²) in [5.74, 6) is -0.0510. The Hall–Kier alpha value is -2.47. The van der Waals surface area contributed by atoms with Gasteiger partial charge in [-0.05, 0) is 74.2 Å². The van der Waals surface area contributed by atoms with E-state index in [1.165, 1.54) is 24.3 Å². The topological polar surface area (TPSA) is 50.4 Å². The molecular formula is C21H24F2N2O2. The Balaban J connectivity index is 1.43. The van der Waals surface area contributed by atoms with Gasteiger partial charge in [-0.15, -0.1) is 0 Å². The molecule has 0 radical (unpaired) electrons. The Morgan fingerprint density at radius 2 is 1.63 bits per heavy atom. The molecule has 1 atom stereocenters. The summed E-state index contributed by atoms with van der Waals surface area (Å²) in [6.45, 7) is 1.15. The first-order valence-electron chi connectivity index (χ1n) is 9.29. The van der Waals surface area contributed by atoms with Crippen LogP contribution in [0, 0.1) is 11.6 Å². The second kappa shape index (κ2) is 9.46. The SMILES string of the molecule is O=C(NC1CC1)C(NCCCCOc1ccc(F)cc1)c1ccc(F)cc1. The number of amides is 1. The monoisotopic (exact) mass is 374 g/mol. The van der Waals surface area contributed by atoms with Crippen LogP contribution in [-0.2, 0) is 4.79 Å². The van der Waals surface area contributed by atoms with Crippen LogP contribution in [0.3, 0.4) is 0 Å². The standard InChI is InChI=1S/C21H24F2N2O2/c22-16-5-3-15(4-6-16)20(21(26)25-18-9-10-18)24-13-1-2-14-27-19-11-7-17(23)8-12-19/h3-8,11-12,18,20,24H,1-2,9-10,13-14H2,(H,25,26). The fraction of sp³-hybridized carbons (Fsp3) is 0.381. The van der Waals surface area contributed by atoms with Crippen LogP contribution >= 0.6 is 0 Å². The molecule has 1 amide bonds. The molecule has 2 aromatic carbocycles. The van der Waals surface area contributed by atoms with Crippen LogP contribution in [-0.4, -0.2) is 25.1 Å². The van der Waals surface area contributed by atoms with Gasteiger partial charge >= 0.3 is 0 Å². The summed E-state index contributed by atoms with van der Waals surface area (Å²) in [6, 6.07) is 11.7. The molecule has 0 saturated heterocycles. The number of carbonyl (C=O) groups is 1. The van der Waals surface area contributed by atoms with Gasteiger partial charge in [-0.25, -0.2) is 8.78 Å². The minimum atomic E-state index is -0.496. The van der Waals surface area contributed by atoms with Crippen molar-refractivity contribution in [1.29, 1.82) is 0 Å². The van der Waals surface area contributed by atoms with E-state index in [4.69, 9.17) is 4.74 Å². The summed E-state index contributed by atoms with van der Waals surface area (Å²) in [5.41, 5.74) is 0.747. The average molecular weight is 374 g/mol. The molecule has 0 bridgehead atoms. The second-order valence-corrected chi connectivity index (χ2v) is 6.73. The van der Waals surface area contributed by atoms with Crippen molar-refractivity contribution in [3.05, 3.63) is 65.7 Å². The lowest BCUT2D eigenvalue weighted by molar-refractivity contribution is -0.123. The molecule has 2 N–H and O–H groups in total. The molecule has 3 rings (SSSR count). The van der Waals surface area contributed by atoms with E-state index in [9.17, 15) is 13.6 Å². The summed E-state index contributed by atoms with van der Waals surface area (Å²) >= 11 is 0. The quantitative estimate of drug-likeness (QED) is 0.623. The van der Waals surface area contributed by atoms with Gasteiger partial charge in [0.1, 0.15) is 23.4 Å². The van der Waals surface area contributed by atoms with Gasteiger partial charge in [-0.1, -0.05) is 12.1 Å². The van der Waals surface area contributed by atoms with Crippen LogP contribution in [0.25, 0.3) is 0 Å². The number of rotatable bonds is 10. The fourth-order valence-corrected chi connectivity index (χ4v) is 2.72. The Labute approximate surface area is 157 Å². The zero-order valence-electron chi connectivity index (χ0n) is 15.1. The molecule has 1 unspecified atom stereocenters. The highest BCUT2D eigenvalue weighted by atomic mass is 19.1. The molecule has 6 heteroatoms. The molecule has 4 nitrogen and oxygen atoms in total. The molecule has 144 valence electrons. The molecule has 27 heavy (non-hydrogen) atoms. The Morgan fingerprint density at radius 3 is 2.26 bits per heavy atom. The molecule has 2 aromatic rings. The second-order valence-electron chi connectivity index (χ2n) is 6.73. The Kier molecular flexibility index (Phi) is 6.76. The van der Waals surface area contributed by atoms with Crippen molar-refractivity contribution in [2.75, 3.05) is 13.2 Å². The number of hydrogen-bond acceptors (Lipinski definition) is 3. The maximum Gasteiger partial charge on any atom is 0.241 e. The highest BCUT2D eigenvalue weighted by Crippen LogP contribution is 2.21. The highest BCUT2D eigenvalue weighted by Gasteiger charge is 2.28. The first kappa shape index (κ1) is 19.3. The van der Waals surface area contributed by atoms with Crippen LogP contribution < -0.4 is 15.4 Å². The smallest absolute Gasteiger partial charge is 0.241 e. The fourth-order valence-electron chi connectivity index (χ4n) is 2.72. The van der Waals surface area contributed by atoms with Crippen molar-refractivity contribution in [3.8, 4) is 5.75 Å². The van der Waals surface area contributed by atoms with Crippen LogP contribution in [0.4, 0.5) is 8.78 Å². The number of halogens is 2. The first-order valence-corrected chi connectivity index (χ1v) is 9.29. The van der Waals surface area contributed by atoms with Gasteiger partial charge in [0.2, 0.25) is 5.91 Å². The van der Waals surface area contributed by atoms with Crippen molar-refractivity contribution in [2.24, 2.45) is 0 Å². The number of ether oxygens (including phenoxy) is 1. The highest BCUT2D eigenvalue weighted by molar-refractivity contribution is 5.83. The maximum absolute atomic E-state index is 13.2. The first-order chi connectivity index (χ1) is 13.1. The molecule has 1 fully saturated rings. The van der Waals surface area contributed by atoms with E-state index >= 15 is 0 Å². The van der Waals surface area contributed by atoms with Crippen molar-refractivity contribution >= 4 is 5.91 Å². The van der Waals surface area contributed by atoms with E-state index in [1.807, 2.05) is 0 Å². The van der Waals surface area contributed by atoms with E-state index in [0.29, 0.717) is 18.9 Å². The van der Waals surface area contributed by atoms with Crippen LogP contribution in [0.2, 0.25) is 0 Å². The summed E-state index contributed by atoms with van der Waals surface area (Å²) in [6.07, 6.45) is 3.64. The lowest BCUT2D eigenvalue weighted by atomic mass is 10.1. The van der Waals surface area contributed by atoms with E-state index in [-0.39, 0.29) is 23.6 Å². The van der Waals surface area contributed by atoms with E-state index < -0.39 is 6.04 Å². The molecule has 1 aliphatic rings. The number of hydrogen-bond donors (Lipinski definition) is 2. The number of carbonyl (C=O) groups excluding carboxylic acids is 1. The van der Waals surface area contributed by atoms with Crippen molar-refractivity contribution < 1.29 is 18.3 Å². The normalized spacial score (nSPS) is 14.6. The molecule has 0 aromatic heterocycles. The molecule has 1 aliphatic carbocycles. The molecular weight excluding hydrogens is 350 g/mol. The predicted molar refractivity (Wildman–Crippen MR) is 99.4 cm³/mol. The largest absolute Gasteiger partial charge is 0.494 e. The summed E-state index contributed by atoms with van der Waals surface area (Å²) in [5, 5.41) is 6.25. The average Bonchev–Trinajstić information content (AvgIpc) is 3.47. The minimum Gasteiger partial charge on any atom is -0.494 e. The Morgan fingerprint density at radius 1 is 1.00 bits per heavy atom. The van der Waals surface area contributed by atoms with Gasteiger partial charge in [0.05, 0.1) is 6.61 Å². The van der Waals surface area contributed by atoms with Crippen LogP contribution in [0.5, 0.6) is 5.75 Å². The lowest BCUT2D eigenvalue weighted by Crippen LogP contribution is -2.39. The molecule has 0 heterocycles. The van der Waals surface area contributed by atoms with Gasteiger partial charge in [0, 0.05) is 6.04 Å². The van der Waals surface area contributed by atoms with Gasteiger partial charge < -0.3 is 15.4 Å². The van der Waals surface area contributed by atoms with Gasteiger partial charge in [0.25, 0.3) is 0 Å². The molecule has 1 saturated carbocycles. The predicted octanol–water partition coefficient (Wildman–Crippen LogP) is 3.73. The van der Waals surface area contributed by atoms with Crippen LogP contribution in [0.15, 0.2) is 48.5 Å². The third-order valence-corrected chi connectivity index (χ3v) is 4.39. The minimum absolute atomic E-state index is 0.0772. The summed E-state index contributed by atoms with van der Waals surface area (Å²) in [4.78, 5) is 12.5. The maximum atomic E-state index is 13.2. The van der Waals surface area contributed by atoms with E-state index in [0.717, 1.165) is 31.2 Å². The number of nitrogens with one attached hydrogen (secondary N) is 2. The van der Waals surface area contributed by atoms with Gasteiger partial charge in [0.15, 0.2) is 0 Å². The van der Waals surface area contributed by atoms with Crippen molar-refractivity contribution in [2.45, 2.75) is 37.8 Å². The molecule has 0 aliphatic heterocycles. The van der Waals surface area contributed by atoms with E-state index in [2.05, 4.69) is 10.6 Å². The van der Waals surface area contributed by atoms with E-state index in [1.54, 1.807) is 24.3 Å². The summed E-state index contributed by atoms with van der Waals surface area (Å²) < 4.78 is 31.6. The third-order valence-electron chi connectivity index (χ3n) is 4.39. The lowest BCUT2D eigenvalue weighted by Gasteiger charge is -2.19. The van der Waals surface area contributed by atoms with Crippen molar-refractivity contribution in [3.63, 3.8) is 0 Å². The zero-order chi connectivity index (χ0) is 19.1. The Bertz CT molecular complexity index is 731.